The number of ketones is 1. The predicted octanol–water partition coefficient (Wildman–Crippen LogP) is 5.58. The minimum atomic E-state index is -0.752. The van der Waals surface area contributed by atoms with Crippen LogP contribution in [0.1, 0.15) is 55.9 Å². The van der Waals surface area contributed by atoms with E-state index in [4.69, 9.17) is 4.74 Å². The van der Waals surface area contributed by atoms with Gasteiger partial charge in [0, 0.05) is 53.9 Å². The summed E-state index contributed by atoms with van der Waals surface area (Å²) >= 11 is 1.50. The average Bonchev–Trinajstić information content (AvgIpc) is 3.46. The van der Waals surface area contributed by atoms with Crippen molar-refractivity contribution in [3.8, 4) is 0 Å². The van der Waals surface area contributed by atoms with Gasteiger partial charge in [-0.25, -0.2) is 9.59 Å². The Balaban J connectivity index is 1.76. The second kappa shape index (κ2) is 10.3. The third-order valence-electron chi connectivity index (χ3n) is 6.09. The van der Waals surface area contributed by atoms with Crippen molar-refractivity contribution in [2.45, 2.75) is 51.6 Å². The fourth-order valence-corrected chi connectivity index (χ4v) is 5.79. The van der Waals surface area contributed by atoms with Crippen LogP contribution in [-0.4, -0.2) is 67.7 Å². The number of rotatable bonds is 5. The third kappa shape index (κ3) is 4.97. The number of aromatic nitrogens is 2. The molecule has 36 heavy (non-hydrogen) atoms. The van der Waals surface area contributed by atoms with E-state index in [-0.39, 0.29) is 11.8 Å². The van der Waals surface area contributed by atoms with Crippen LogP contribution in [0.15, 0.2) is 55.0 Å². The van der Waals surface area contributed by atoms with Crippen molar-refractivity contribution in [3.63, 3.8) is 0 Å². The van der Waals surface area contributed by atoms with Gasteiger partial charge in [0.15, 0.2) is 5.78 Å². The summed E-state index contributed by atoms with van der Waals surface area (Å²) in [6, 6.07) is 10.1. The van der Waals surface area contributed by atoms with E-state index in [9.17, 15) is 14.4 Å². The summed E-state index contributed by atoms with van der Waals surface area (Å²) in [6.45, 7) is 10.4. The molecule has 1 aliphatic heterocycles. The van der Waals surface area contributed by atoms with Crippen molar-refractivity contribution in [1.29, 1.82) is 0 Å². The fraction of sp³-hybridized carbons (Fsp3) is 0.407. The number of hydrogen-bond acceptors (Lipinski definition) is 6. The second-order valence-electron chi connectivity index (χ2n) is 9.62. The van der Waals surface area contributed by atoms with Crippen molar-refractivity contribution in [2.75, 3.05) is 18.8 Å². The summed E-state index contributed by atoms with van der Waals surface area (Å²) in [4.78, 5) is 48.1. The number of amides is 2. The lowest BCUT2D eigenvalue weighted by atomic mass is 10.0. The third-order valence-corrected chi connectivity index (χ3v) is 7.42. The summed E-state index contributed by atoms with van der Waals surface area (Å²) < 4.78 is 7.25. The van der Waals surface area contributed by atoms with Crippen molar-refractivity contribution in [3.05, 3.63) is 66.1 Å². The van der Waals surface area contributed by atoms with E-state index in [1.165, 1.54) is 21.2 Å². The molecule has 2 atom stereocenters. The van der Waals surface area contributed by atoms with Crippen molar-refractivity contribution < 1.29 is 19.1 Å². The minimum Gasteiger partial charge on any atom is -0.444 e. The zero-order valence-corrected chi connectivity index (χ0v) is 22.1. The Labute approximate surface area is 215 Å². The highest BCUT2D eigenvalue weighted by atomic mass is 32.2. The summed E-state index contributed by atoms with van der Waals surface area (Å²) in [5.74, 6) is 0.184. The lowest BCUT2D eigenvalue weighted by Crippen LogP contribution is -2.45. The first-order valence-electron chi connectivity index (χ1n) is 12.1. The number of nitrogens with zero attached hydrogens (tertiary/aromatic N) is 4. The molecule has 0 bridgehead atoms. The van der Waals surface area contributed by atoms with Crippen LogP contribution < -0.4 is 0 Å². The smallest absolute Gasteiger partial charge is 0.412 e. The van der Waals surface area contributed by atoms with E-state index in [1.54, 1.807) is 44.3 Å². The maximum Gasteiger partial charge on any atom is 0.412 e. The SMILES string of the molecule is CCN(CC)C(=O)n1cc(C(=O)[C@@H]2CSC(c3cccnc3)N2C(=O)OC(C)(C)C)c2ccccc21. The van der Waals surface area contributed by atoms with E-state index in [1.807, 2.05) is 50.2 Å². The molecular formula is C27H32N4O4S. The van der Waals surface area contributed by atoms with Gasteiger partial charge in [0.05, 0.1) is 5.52 Å². The van der Waals surface area contributed by atoms with E-state index in [2.05, 4.69) is 4.98 Å². The highest BCUT2D eigenvalue weighted by Crippen LogP contribution is 2.43. The van der Waals surface area contributed by atoms with E-state index in [0.717, 1.165) is 5.56 Å². The summed E-state index contributed by atoms with van der Waals surface area (Å²) in [5, 5.41) is 0.273. The Kier molecular flexibility index (Phi) is 7.40. The van der Waals surface area contributed by atoms with Gasteiger partial charge in [0.2, 0.25) is 0 Å². The Bertz CT molecular complexity index is 1260. The molecule has 0 aliphatic carbocycles. The maximum atomic E-state index is 14.0. The molecule has 8 nitrogen and oxygen atoms in total. The molecule has 190 valence electrons. The van der Waals surface area contributed by atoms with Crippen molar-refractivity contribution >= 4 is 40.6 Å². The molecule has 0 spiro atoms. The largest absolute Gasteiger partial charge is 0.444 e. The van der Waals surface area contributed by atoms with Gasteiger partial charge in [-0.05, 0) is 46.8 Å². The summed E-state index contributed by atoms with van der Waals surface area (Å²) in [7, 11) is 0. The molecule has 4 rings (SSSR count). The maximum absolute atomic E-state index is 14.0. The van der Waals surface area contributed by atoms with Gasteiger partial charge in [-0.1, -0.05) is 24.3 Å². The quantitative estimate of drug-likeness (QED) is 0.418. The molecule has 1 fully saturated rings. The second-order valence-corrected chi connectivity index (χ2v) is 10.7. The van der Waals surface area contributed by atoms with E-state index < -0.39 is 23.1 Å². The molecule has 1 aromatic carbocycles. The fourth-order valence-electron chi connectivity index (χ4n) is 4.39. The number of hydrogen-bond donors (Lipinski definition) is 0. The number of ether oxygens (including phenoxy) is 1. The van der Waals surface area contributed by atoms with Crippen LogP contribution in [0.2, 0.25) is 0 Å². The number of benzene rings is 1. The molecule has 2 amide bonds. The van der Waals surface area contributed by atoms with Crippen molar-refractivity contribution in [2.24, 2.45) is 0 Å². The highest BCUT2D eigenvalue weighted by Gasteiger charge is 2.45. The minimum absolute atomic E-state index is 0.187. The Hall–Kier alpha value is -3.33. The predicted molar refractivity (Wildman–Crippen MR) is 141 cm³/mol. The molecule has 3 aromatic rings. The molecule has 0 N–H and O–H groups in total. The van der Waals surface area contributed by atoms with Crippen molar-refractivity contribution in [1.82, 2.24) is 19.4 Å². The average molecular weight is 509 g/mol. The Morgan fingerprint density at radius 1 is 1.11 bits per heavy atom. The molecule has 1 unspecified atom stereocenters. The van der Waals surface area contributed by atoms with Crippen LogP contribution in [0.5, 0.6) is 0 Å². The van der Waals surface area contributed by atoms with Gasteiger partial charge in [0.1, 0.15) is 17.0 Å². The van der Waals surface area contributed by atoms with Gasteiger partial charge < -0.3 is 9.64 Å². The van der Waals surface area contributed by atoms with Crippen LogP contribution in [0.4, 0.5) is 9.59 Å². The normalized spacial score (nSPS) is 17.9. The molecule has 0 radical (unpaired) electrons. The zero-order valence-electron chi connectivity index (χ0n) is 21.3. The first kappa shape index (κ1) is 25.8. The topological polar surface area (TPSA) is 84.7 Å². The van der Waals surface area contributed by atoms with Crippen LogP contribution in [0, 0.1) is 0 Å². The Morgan fingerprint density at radius 3 is 2.47 bits per heavy atom. The summed E-state index contributed by atoms with van der Waals surface area (Å²) in [6.07, 6.45) is 4.44. The molecule has 1 aliphatic rings. The number of thioether (sulfide) groups is 1. The van der Waals surface area contributed by atoms with Gasteiger partial charge in [0.25, 0.3) is 0 Å². The van der Waals surface area contributed by atoms with Gasteiger partial charge in [-0.3, -0.25) is 19.2 Å². The van der Waals surface area contributed by atoms with E-state index >= 15 is 0 Å². The zero-order chi connectivity index (χ0) is 26.0. The summed E-state index contributed by atoms with van der Waals surface area (Å²) in [5.41, 5.74) is 1.18. The molecule has 0 saturated carbocycles. The number of Topliss-reactive ketones (excluding diaryl/α,β-unsaturated/α-hetero) is 1. The molecule has 3 heterocycles. The number of carbonyl (C=O) groups is 3. The van der Waals surface area contributed by atoms with Gasteiger partial charge in [-0.2, -0.15) is 0 Å². The number of para-hydroxylation sites is 1. The lowest BCUT2D eigenvalue weighted by molar-refractivity contribution is 0.0172. The first-order chi connectivity index (χ1) is 17.2. The lowest BCUT2D eigenvalue weighted by Gasteiger charge is -2.31. The first-order valence-corrected chi connectivity index (χ1v) is 13.2. The van der Waals surface area contributed by atoms with Crippen LogP contribution >= 0.6 is 11.8 Å². The van der Waals surface area contributed by atoms with Gasteiger partial charge >= 0.3 is 12.1 Å². The van der Waals surface area contributed by atoms with E-state index in [0.29, 0.717) is 35.3 Å². The van der Waals surface area contributed by atoms with Crippen LogP contribution in [0.3, 0.4) is 0 Å². The highest BCUT2D eigenvalue weighted by molar-refractivity contribution is 7.99. The number of fused-ring (bicyclic) bond motifs is 1. The Morgan fingerprint density at radius 2 is 1.83 bits per heavy atom. The molecule has 2 aromatic heterocycles. The number of pyridine rings is 1. The monoisotopic (exact) mass is 508 g/mol. The van der Waals surface area contributed by atoms with Crippen LogP contribution in [0.25, 0.3) is 10.9 Å². The molecule has 1 saturated heterocycles. The van der Waals surface area contributed by atoms with Gasteiger partial charge in [-0.15, -0.1) is 11.8 Å². The number of carbonyl (C=O) groups excluding carboxylic acids is 3. The molecule has 9 heteroatoms. The molecular weight excluding hydrogens is 476 g/mol. The standard InChI is InChI=1S/C27H32N4O4S/c1-6-29(7-2)25(33)30-16-20(19-12-8-9-13-21(19)30)23(32)22-17-36-24(18-11-10-14-28-15-18)31(22)26(34)35-27(3,4)5/h8-16,22,24H,6-7,17H2,1-5H3/t22-,24?/m0/s1. The van der Waals surface area contributed by atoms with Crippen LogP contribution in [-0.2, 0) is 4.74 Å².